The average Bonchev–Trinajstić information content (AvgIpc) is 3.52. The molecule has 14 heteroatoms. The van der Waals surface area contributed by atoms with Gasteiger partial charge in [-0.25, -0.2) is 9.13 Å². The second kappa shape index (κ2) is 15.6. The molecule has 1 aromatic heterocycles. The van der Waals surface area contributed by atoms with Gasteiger partial charge >= 0.3 is 12.4 Å². The van der Waals surface area contributed by atoms with Crippen LogP contribution in [0.15, 0.2) is 42.7 Å². The topological polar surface area (TPSA) is 21.8 Å². The van der Waals surface area contributed by atoms with E-state index < -0.39 is 23.5 Å². The maximum atomic E-state index is 13.8. The van der Waals surface area contributed by atoms with Gasteiger partial charge in [0, 0.05) is 63.7 Å². The molecule has 1 unspecified atom stereocenters. The lowest BCUT2D eigenvalue weighted by molar-refractivity contribution is -0.674. The zero-order valence-corrected chi connectivity index (χ0v) is 30.4. The molecule has 0 bridgehead atoms. The van der Waals surface area contributed by atoms with Crippen LogP contribution in [0, 0.1) is 0 Å². The van der Waals surface area contributed by atoms with E-state index in [0.717, 1.165) is 63.8 Å². The summed E-state index contributed by atoms with van der Waals surface area (Å²) in [6, 6.07) is 5.21. The van der Waals surface area contributed by atoms with Gasteiger partial charge < -0.3 is 19.6 Å². The first kappa shape index (κ1) is 38.0. The zero-order chi connectivity index (χ0) is 36.4. The number of imidazole rings is 1. The molecule has 1 atom stereocenters. The van der Waals surface area contributed by atoms with Gasteiger partial charge in [-0.3, -0.25) is 0 Å². The number of nitrogens with zero attached hydrogens (tertiary/aromatic N) is 6. The van der Waals surface area contributed by atoms with Crippen molar-refractivity contribution < 1.29 is 30.9 Å². The molecule has 3 aromatic rings. The molecule has 2 aliphatic rings. The van der Waals surface area contributed by atoms with Crippen molar-refractivity contribution in [2.24, 2.45) is 0 Å². The minimum atomic E-state index is -4.55. The first-order chi connectivity index (χ1) is 23.7. The van der Waals surface area contributed by atoms with E-state index in [0.29, 0.717) is 48.6 Å². The first-order valence-electron chi connectivity index (χ1n) is 17.3. The SMILES string of the molecule is CCCCN1c2cc(C(F)(F)F)c(Cl)cc2N(CC)C1C=CN1CCN(C=Cc2n(CC)c3cc(Cl)c(C(F)(F)F)cc3[n+]2CCCC)CC1. The second-order valence-electron chi connectivity index (χ2n) is 12.7. The molecule has 1 fully saturated rings. The number of piperazine rings is 1. The van der Waals surface area contributed by atoms with Crippen molar-refractivity contribution in [2.75, 3.05) is 49.1 Å². The molecular weight excluding hydrogens is 701 g/mol. The fraction of sp³-hybridized carbons (Fsp3) is 0.528. The van der Waals surface area contributed by atoms with Gasteiger partial charge in [0.15, 0.2) is 11.0 Å². The van der Waals surface area contributed by atoms with E-state index in [9.17, 15) is 26.3 Å². The van der Waals surface area contributed by atoms with Gasteiger partial charge in [0.05, 0.1) is 45.6 Å². The molecule has 0 saturated carbocycles. The molecule has 0 aliphatic carbocycles. The summed E-state index contributed by atoms with van der Waals surface area (Å²) >= 11 is 12.3. The van der Waals surface area contributed by atoms with Gasteiger partial charge in [-0.2, -0.15) is 26.3 Å². The molecule has 3 heterocycles. The molecule has 1 saturated heterocycles. The molecular formula is C36H45Cl2F6N6+. The van der Waals surface area contributed by atoms with E-state index in [2.05, 4.69) is 27.7 Å². The van der Waals surface area contributed by atoms with Crippen LogP contribution in [0.3, 0.4) is 0 Å². The molecule has 6 nitrogen and oxygen atoms in total. The third-order valence-electron chi connectivity index (χ3n) is 9.53. The molecule has 0 amide bonds. The van der Waals surface area contributed by atoms with Crippen molar-refractivity contribution in [2.45, 2.75) is 85.0 Å². The van der Waals surface area contributed by atoms with E-state index >= 15 is 0 Å². The Morgan fingerprint density at radius 3 is 1.90 bits per heavy atom. The molecule has 2 aliphatic heterocycles. The molecule has 5 rings (SSSR count). The third kappa shape index (κ3) is 7.81. The van der Waals surface area contributed by atoms with Crippen LogP contribution in [0.25, 0.3) is 17.1 Å². The standard InChI is InChI=1S/C36H45Cl2F6N6/c1-5-9-13-49-29-21-25(35(39,40)41)27(37)23-31(29)47(7-3)33(49)11-15-45-17-19-46(20-18-45)16-12-34-48(8-4)32-24-28(38)26(36(42,43)44)22-30(32)50(34)14-10-6-2/h11-12,15-16,21-24,33H,5-10,13-14,17-20H2,1-4H3/q+1. The summed E-state index contributed by atoms with van der Waals surface area (Å²) in [5.74, 6) is 0.815. The number of anilines is 2. The smallest absolute Gasteiger partial charge is 0.374 e. The largest absolute Gasteiger partial charge is 0.418 e. The average molecular weight is 747 g/mol. The van der Waals surface area contributed by atoms with Crippen LogP contribution in [0.1, 0.15) is 70.3 Å². The van der Waals surface area contributed by atoms with Gasteiger partial charge in [-0.15, -0.1) is 0 Å². The number of halogens is 8. The summed E-state index contributed by atoms with van der Waals surface area (Å²) in [6.45, 7) is 13.3. The Balaban J connectivity index is 1.34. The third-order valence-corrected chi connectivity index (χ3v) is 10.2. The first-order valence-corrected chi connectivity index (χ1v) is 18.1. The lowest BCUT2D eigenvalue weighted by Crippen LogP contribution is -2.44. The number of rotatable bonds is 12. The van der Waals surface area contributed by atoms with Crippen molar-refractivity contribution >= 4 is 51.7 Å². The summed E-state index contributed by atoms with van der Waals surface area (Å²) in [7, 11) is 0. The quantitative estimate of drug-likeness (QED) is 0.136. The van der Waals surface area contributed by atoms with Crippen molar-refractivity contribution in [1.82, 2.24) is 14.4 Å². The summed E-state index contributed by atoms with van der Waals surface area (Å²) in [5.41, 5.74) is 0.747. The predicted octanol–water partition coefficient (Wildman–Crippen LogP) is 9.67. The van der Waals surface area contributed by atoms with Crippen molar-refractivity contribution in [3.8, 4) is 0 Å². The number of unbranched alkanes of at least 4 members (excludes halogenated alkanes) is 2. The van der Waals surface area contributed by atoms with Crippen LogP contribution < -0.4 is 14.4 Å². The van der Waals surface area contributed by atoms with Crippen molar-refractivity contribution in [1.29, 1.82) is 0 Å². The number of likely N-dealkylation sites (N-methyl/N-ethyl adjacent to an activating group) is 1. The molecule has 0 spiro atoms. The molecule has 2 aromatic carbocycles. The number of fused-ring (bicyclic) bond motifs is 2. The number of hydrogen-bond acceptors (Lipinski definition) is 4. The Morgan fingerprint density at radius 1 is 0.740 bits per heavy atom. The van der Waals surface area contributed by atoms with Crippen LogP contribution in [0.2, 0.25) is 10.0 Å². The minimum absolute atomic E-state index is 0.250. The van der Waals surface area contributed by atoms with Crippen molar-refractivity contribution in [3.63, 3.8) is 0 Å². The summed E-state index contributed by atoms with van der Waals surface area (Å²) in [4.78, 5) is 8.52. The second-order valence-corrected chi connectivity index (χ2v) is 13.5. The van der Waals surface area contributed by atoms with Crippen LogP contribution in [0.4, 0.5) is 37.7 Å². The number of alkyl halides is 6. The molecule has 50 heavy (non-hydrogen) atoms. The van der Waals surface area contributed by atoms with Crippen LogP contribution in [-0.2, 0) is 25.4 Å². The van der Waals surface area contributed by atoms with Crippen LogP contribution in [0.5, 0.6) is 0 Å². The van der Waals surface area contributed by atoms with Gasteiger partial charge in [-0.05, 0) is 51.1 Å². The van der Waals surface area contributed by atoms with E-state index in [1.165, 1.54) is 18.2 Å². The van der Waals surface area contributed by atoms with Crippen LogP contribution >= 0.6 is 23.2 Å². The number of hydrogen-bond donors (Lipinski definition) is 0. The normalized spacial score (nSPS) is 17.4. The zero-order valence-electron chi connectivity index (χ0n) is 28.9. The Kier molecular flexibility index (Phi) is 11.8. The number of benzene rings is 2. The predicted molar refractivity (Wildman–Crippen MR) is 190 cm³/mol. The summed E-state index contributed by atoms with van der Waals surface area (Å²) in [5, 5.41) is -0.615. The fourth-order valence-electron chi connectivity index (χ4n) is 6.89. The summed E-state index contributed by atoms with van der Waals surface area (Å²) in [6.07, 6.45) is 2.19. The lowest BCUT2D eigenvalue weighted by Gasteiger charge is -2.35. The Labute approximate surface area is 300 Å². The number of aryl methyl sites for hydroxylation is 2. The Morgan fingerprint density at radius 2 is 1.32 bits per heavy atom. The lowest BCUT2D eigenvalue weighted by atomic mass is 10.1. The maximum Gasteiger partial charge on any atom is 0.418 e. The minimum Gasteiger partial charge on any atom is -0.374 e. The molecule has 274 valence electrons. The van der Waals surface area contributed by atoms with E-state index in [4.69, 9.17) is 23.2 Å². The van der Waals surface area contributed by atoms with E-state index in [1.807, 2.05) is 53.3 Å². The van der Waals surface area contributed by atoms with Crippen LogP contribution in [-0.4, -0.2) is 59.8 Å². The molecule has 0 radical (unpaired) electrons. The van der Waals surface area contributed by atoms with E-state index in [-0.39, 0.29) is 16.2 Å². The molecule has 0 N–H and O–H groups in total. The van der Waals surface area contributed by atoms with Gasteiger partial charge in [0.25, 0.3) is 5.82 Å². The maximum absolute atomic E-state index is 13.8. The van der Waals surface area contributed by atoms with Gasteiger partial charge in [0.2, 0.25) is 0 Å². The number of aromatic nitrogens is 2. The Hall–Kier alpha value is -3.25. The van der Waals surface area contributed by atoms with Gasteiger partial charge in [0.1, 0.15) is 6.17 Å². The highest BCUT2D eigenvalue weighted by atomic mass is 35.5. The highest BCUT2D eigenvalue weighted by Gasteiger charge is 2.40. The fourth-order valence-corrected chi connectivity index (χ4v) is 7.42. The summed E-state index contributed by atoms with van der Waals surface area (Å²) < 4.78 is 86.6. The van der Waals surface area contributed by atoms with E-state index in [1.54, 1.807) is 0 Å². The monoisotopic (exact) mass is 745 g/mol. The highest BCUT2D eigenvalue weighted by molar-refractivity contribution is 6.32. The van der Waals surface area contributed by atoms with Crippen molar-refractivity contribution in [3.05, 3.63) is 69.7 Å². The van der Waals surface area contributed by atoms with Gasteiger partial charge in [-0.1, -0.05) is 49.9 Å². The highest BCUT2D eigenvalue weighted by Crippen LogP contribution is 2.47. The Bertz CT molecular complexity index is 1710.